The zero-order valence-corrected chi connectivity index (χ0v) is 19.5. The Morgan fingerprint density at radius 1 is 1.27 bits per heavy atom. The van der Waals surface area contributed by atoms with Crippen molar-refractivity contribution >= 4 is 38.4 Å². The van der Waals surface area contributed by atoms with Crippen molar-refractivity contribution in [2.45, 2.75) is 38.4 Å². The lowest BCUT2D eigenvalue weighted by molar-refractivity contribution is 0.0987. The van der Waals surface area contributed by atoms with Gasteiger partial charge in [-0.25, -0.2) is 15.0 Å². The van der Waals surface area contributed by atoms with Gasteiger partial charge in [0.1, 0.15) is 5.65 Å². The van der Waals surface area contributed by atoms with Gasteiger partial charge >= 0.3 is 0 Å². The number of rotatable bonds is 5. The number of aliphatic hydroxyl groups excluding tert-OH is 1. The topological polar surface area (TPSA) is 90.4 Å². The number of nitrogens with one attached hydrogen (secondary N) is 1. The van der Waals surface area contributed by atoms with Crippen molar-refractivity contribution in [3.8, 4) is 11.4 Å². The number of ether oxygens (including phenoxy) is 1. The smallest absolute Gasteiger partial charge is 0.163 e. The van der Waals surface area contributed by atoms with E-state index in [2.05, 4.69) is 32.1 Å². The standard InChI is InChI=1S/C24H28N6O2S/c1-15-13-32-10-9-30(15)24-21-20(16(14-33-21)11-29-8-2-3-17(29)12-31)27-23(28-24)19-5-7-26-22-18(19)4-6-25-22/h4-7,14-15,17,31H,2-3,8-13H2,1H3,(H,25,26)/t15-,17+/m0/s1. The Bertz CT molecular complexity index is 1290. The van der Waals surface area contributed by atoms with E-state index in [0.717, 1.165) is 70.9 Å². The molecule has 0 bridgehead atoms. The molecule has 9 heteroatoms. The number of thiophene rings is 1. The number of pyridine rings is 1. The van der Waals surface area contributed by atoms with Crippen LogP contribution in [0.3, 0.4) is 0 Å². The molecule has 4 aromatic heterocycles. The van der Waals surface area contributed by atoms with Crippen LogP contribution in [0, 0.1) is 0 Å². The van der Waals surface area contributed by atoms with Crippen LogP contribution < -0.4 is 4.90 Å². The minimum absolute atomic E-state index is 0.210. The quantitative estimate of drug-likeness (QED) is 0.468. The predicted molar refractivity (Wildman–Crippen MR) is 131 cm³/mol. The number of hydrogen-bond donors (Lipinski definition) is 2. The Kier molecular flexibility index (Phi) is 5.49. The molecule has 0 amide bonds. The van der Waals surface area contributed by atoms with Gasteiger partial charge in [0.2, 0.25) is 0 Å². The Hall–Kier alpha value is -2.59. The Balaban J connectivity index is 1.51. The molecule has 0 spiro atoms. The number of aromatic nitrogens is 4. The lowest BCUT2D eigenvalue weighted by Crippen LogP contribution is -2.44. The molecule has 33 heavy (non-hydrogen) atoms. The Labute approximate surface area is 196 Å². The van der Waals surface area contributed by atoms with E-state index >= 15 is 0 Å². The number of fused-ring (bicyclic) bond motifs is 2. The first-order valence-electron chi connectivity index (χ1n) is 11.6. The van der Waals surface area contributed by atoms with E-state index < -0.39 is 0 Å². The third-order valence-corrected chi connectivity index (χ3v) is 7.91. The SMILES string of the molecule is C[C@H]1COCCN1c1nc(-c2ccnc3[nH]ccc23)nc2c(CN3CCC[C@@H]3CO)csc12. The molecule has 8 nitrogen and oxygen atoms in total. The largest absolute Gasteiger partial charge is 0.395 e. The van der Waals surface area contributed by atoms with Gasteiger partial charge in [-0.15, -0.1) is 11.3 Å². The first-order chi connectivity index (χ1) is 16.2. The van der Waals surface area contributed by atoms with Gasteiger partial charge in [-0.3, -0.25) is 4.90 Å². The minimum Gasteiger partial charge on any atom is -0.395 e. The van der Waals surface area contributed by atoms with Crippen molar-refractivity contribution in [2.75, 3.05) is 37.8 Å². The normalized spacial score (nSPS) is 22.1. The zero-order valence-electron chi connectivity index (χ0n) is 18.7. The van der Waals surface area contributed by atoms with E-state index in [0.29, 0.717) is 13.2 Å². The van der Waals surface area contributed by atoms with Gasteiger partial charge in [0.05, 0.1) is 36.1 Å². The highest BCUT2D eigenvalue weighted by atomic mass is 32.1. The zero-order chi connectivity index (χ0) is 22.4. The maximum absolute atomic E-state index is 9.80. The average molecular weight is 465 g/mol. The Morgan fingerprint density at radius 2 is 2.21 bits per heavy atom. The molecule has 6 heterocycles. The van der Waals surface area contributed by atoms with Crippen LogP contribution in [-0.2, 0) is 11.3 Å². The molecule has 4 aromatic rings. The fourth-order valence-corrected chi connectivity index (χ4v) is 6.11. The first-order valence-corrected chi connectivity index (χ1v) is 12.5. The van der Waals surface area contributed by atoms with Crippen LogP contribution in [0.25, 0.3) is 32.6 Å². The number of hydrogen-bond acceptors (Lipinski definition) is 8. The Morgan fingerprint density at radius 3 is 3.09 bits per heavy atom. The maximum atomic E-state index is 9.80. The summed E-state index contributed by atoms with van der Waals surface area (Å²) in [6, 6.07) is 4.52. The molecule has 0 saturated carbocycles. The highest BCUT2D eigenvalue weighted by molar-refractivity contribution is 7.18. The molecule has 0 unspecified atom stereocenters. The van der Waals surface area contributed by atoms with Crippen LogP contribution in [0.2, 0.25) is 0 Å². The fourth-order valence-electron chi connectivity index (χ4n) is 5.10. The van der Waals surface area contributed by atoms with Crippen molar-refractivity contribution in [1.82, 2.24) is 24.8 Å². The highest BCUT2D eigenvalue weighted by Crippen LogP contribution is 2.37. The summed E-state index contributed by atoms with van der Waals surface area (Å²) in [5, 5.41) is 13.1. The summed E-state index contributed by atoms with van der Waals surface area (Å²) in [5.74, 6) is 1.71. The van der Waals surface area contributed by atoms with E-state index in [1.165, 1.54) is 5.56 Å². The third-order valence-electron chi connectivity index (χ3n) is 6.89. The minimum atomic E-state index is 0.210. The number of likely N-dealkylation sites (tertiary alicyclic amines) is 1. The molecular formula is C24H28N6O2S. The van der Waals surface area contributed by atoms with Gasteiger partial charge in [0.15, 0.2) is 11.6 Å². The highest BCUT2D eigenvalue weighted by Gasteiger charge is 2.28. The van der Waals surface area contributed by atoms with Gasteiger partial charge in [-0.2, -0.15) is 0 Å². The van der Waals surface area contributed by atoms with E-state index in [4.69, 9.17) is 14.7 Å². The van der Waals surface area contributed by atoms with Crippen molar-refractivity contribution < 1.29 is 9.84 Å². The molecule has 2 saturated heterocycles. The van der Waals surface area contributed by atoms with Gasteiger partial charge in [0.25, 0.3) is 0 Å². The van der Waals surface area contributed by atoms with Crippen LogP contribution >= 0.6 is 11.3 Å². The lowest BCUT2D eigenvalue weighted by Gasteiger charge is -2.34. The molecule has 2 aliphatic rings. The number of morpholine rings is 1. The number of anilines is 1. The second-order valence-corrected chi connectivity index (χ2v) is 9.85. The summed E-state index contributed by atoms with van der Waals surface area (Å²) < 4.78 is 6.83. The van der Waals surface area contributed by atoms with E-state index in [1.807, 2.05) is 24.5 Å². The summed E-state index contributed by atoms with van der Waals surface area (Å²) in [4.78, 5) is 22.6. The molecule has 0 aliphatic carbocycles. The van der Waals surface area contributed by atoms with Gasteiger partial charge in [-0.05, 0) is 43.8 Å². The monoisotopic (exact) mass is 464 g/mol. The molecule has 0 radical (unpaired) electrons. The first kappa shape index (κ1) is 21.0. The second kappa shape index (κ2) is 8.64. The molecule has 172 valence electrons. The molecule has 2 atom stereocenters. The van der Waals surface area contributed by atoms with Crippen LogP contribution in [0.5, 0.6) is 0 Å². The summed E-state index contributed by atoms with van der Waals surface area (Å²) in [5.41, 5.74) is 4.05. The number of aliphatic hydroxyl groups is 1. The lowest BCUT2D eigenvalue weighted by atomic mass is 10.1. The predicted octanol–water partition coefficient (Wildman–Crippen LogP) is 3.42. The molecule has 2 aliphatic heterocycles. The summed E-state index contributed by atoms with van der Waals surface area (Å²) in [7, 11) is 0. The van der Waals surface area contributed by atoms with Crippen molar-refractivity contribution in [3.05, 3.63) is 35.5 Å². The molecule has 2 fully saturated rings. The van der Waals surface area contributed by atoms with Crippen LogP contribution in [-0.4, -0.2) is 74.9 Å². The van der Waals surface area contributed by atoms with E-state index in [1.54, 1.807) is 11.3 Å². The average Bonchev–Trinajstić information content (AvgIpc) is 3.59. The second-order valence-electron chi connectivity index (χ2n) is 8.97. The van der Waals surface area contributed by atoms with Crippen molar-refractivity contribution in [3.63, 3.8) is 0 Å². The summed E-state index contributed by atoms with van der Waals surface area (Å²) in [6.07, 6.45) is 5.90. The van der Waals surface area contributed by atoms with E-state index in [9.17, 15) is 5.11 Å². The molecule has 6 rings (SSSR count). The van der Waals surface area contributed by atoms with Crippen molar-refractivity contribution in [2.24, 2.45) is 0 Å². The molecule has 2 N–H and O–H groups in total. The summed E-state index contributed by atoms with van der Waals surface area (Å²) in [6.45, 7) is 6.43. The maximum Gasteiger partial charge on any atom is 0.163 e. The van der Waals surface area contributed by atoms with Gasteiger partial charge in [-0.1, -0.05) is 0 Å². The van der Waals surface area contributed by atoms with Crippen molar-refractivity contribution in [1.29, 1.82) is 0 Å². The van der Waals surface area contributed by atoms with Crippen LogP contribution in [0.15, 0.2) is 29.9 Å². The summed E-state index contributed by atoms with van der Waals surface area (Å²) >= 11 is 1.72. The third kappa shape index (κ3) is 3.69. The van der Waals surface area contributed by atoms with E-state index in [-0.39, 0.29) is 18.7 Å². The van der Waals surface area contributed by atoms with Crippen LogP contribution in [0.1, 0.15) is 25.3 Å². The van der Waals surface area contributed by atoms with Crippen LogP contribution in [0.4, 0.5) is 5.82 Å². The fraction of sp³-hybridized carbons (Fsp3) is 0.458. The number of H-pyrrole nitrogens is 1. The van der Waals surface area contributed by atoms with Gasteiger partial charge in [0, 0.05) is 48.0 Å². The van der Waals surface area contributed by atoms with Gasteiger partial charge < -0.3 is 19.7 Å². The molecule has 0 aromatic carbocycles. The number of aromatic amines is 1. The molecular weight excluding hydrogens is 436 g/mol. The number of nitrogens with zero attached hydrogens (tertiary/aromatic N) is 5.